The Morgan fingerprint density at radius 2 is 1.94 bits per heavy atom. The van der Waals surface area contributed by atoms with Gasteiger partial charge in [-0.15, -0.1) is 0 Å². The van der Waals surface area contributed by atoms with Gasteiger partial charge in [0.1, 0.15) is 0 Å². The van der Waals surface area contributed by atoms with E-state index < -0.39 is 5.97 Å². The van der Waals surface area contributed by atoms with E-state index in [0.29, 0.717) is 28.7 Å². The molecule has 4 heteroatoms. The number of carbonyl (C=O) groups is 1. The minimum atomic E-state index is -0.420. The van der Waals surface area contributed by atoms with E-state index in [1.165, 1.54) is 5.54 Å². The largest absolute Gasteiger partial charge is 0.462 e. The van der Waals surface area contributed by atoms with E-state index in [-0.39, 0.29) is 0 Å². The third-order valence-corrected chi connectivity index (χ3v) is 2.50. The first-order valence-electron chi connectivity index (χ1n) is 5.28. The first kappa shape index (κ1) is 14.1. The van der Waals surface area contributed by atoms with Crippen molar-refractivity contribution in [1.29, 1.82) is 0 Å². The lowest BCUT2D eigenvalue weighted by Gasteiger charge is -2.09. The van der Waals surface area contributed by atoms with Gasteiger partial charge in [0.15, 0.2) is 0 Å². The highest BCUT2D eigenvalue weighted by Crippen LogP contribution is 2.20. The number of halogens is 2. The predicted octanol–water partition coefficient (Wildman–Crippen LogP) is 4.12. The fraction of sp³-hybridized carbons (Fsp3) is 0.308. The lowest BCUT2D eigenvalue weighted by atomic mass is 10.1. The normalized spacial score (nSPS) is 11.7. The highest BCUT2D eigenvalue weighted by molar-refractivity contribution is 6.34. The Morgan fingerprint density at radius 3 is 2.41 bits per heavy atom. The quantitative estimate of drug-likeness (QED) is 0.609. The molecule has 0 spiro atoms. The van der Waals surface area contributed by atoms with Crippen molar-refractivity contribution in [3.05, 3.63) is 40.4 Å². The molecule has 92 valence electrons. The Bertz CT molecular complexity index is 408. The second-order valence-electron chi connectivity index (χ2n) is 4.02. The molecule has 0 aliphatic heterocycles. The fourth-order valence-electron chi connectivity index (χ4n) is 1.17. The summed E-state index contributed by atoms with van der Waals surface area (Å²) >= 11 is 11.4. The predicted molar refractivity (Wildman–Crippen MR) is 71.1 cm³/mol. The number of ether oxygens (including phenoxy) is 1. The van der Waals surface area contributed by atoms with Gasteiger partial charge in [-0.05, 0) is 23.6 Å². The third kappa shape index (κ3) is 4.41. The molecule has 0 heterocycles. The molecule has 0 saturated heterocycles. The molecule has 0 aliphatic carbocycles. The van der Waals surface area contributed by atoms with Gasteiger partial charge in [0.2, 0.25) is 0 Å². The number of carbonyl (C=O) groups excluding carboxylic acids is 1. The van der Waals surface area contributed by atoms with Crippen molar-refractivity contribution in [3.63, 3.8) is 0 Å². The van der Waals surface area contributed by atoms with Crippen LogP contribution in [-0.2, 0) is 9.53 Å². The lowest BCUT2D eigenvalue weighted by Crippen LogP contribution is -2.11. The van der Waals surface area contributed by atoms with Crippen molar-refractivity contribution >= 4 is 34.7 Å². The van der Waals surface area contributed by atoms with Crippen molar-refractivity contribution in [2.24, 2.45) is 5.92 Å². The van der Waals surface area contributed by atoms with Crippen molar-refractivity contribution in [1.82, 2.24) is 0 Å². The van der Waals surface area contributed by atoms with Gasteiger partial charge in [0.05, 0.1) is 12.2 Å². The summed E-state index contributed by atoms with van der Waals surface area (Å²) in [5, 5.41) is 0.609. The first-order chi connectivity index (χ1) is 8.04. The summed E-state index contributed by atoms with van der Waals surface area (Å²) in [6.07, 6.45) is 0. The molecule has 0 saturated carbocycles. The Labute approximate surface area is 111 Å². The van der Waals surface area contributed by atoms with Crippen LogP contribution in [-0.4, -0.2) is 12.6 Å². The van der Waals surface area contributed by atoms with Crippen LogP contribution in [0.5, 0.6) is 0 Å². The fourth-order valence-corrected chi connectivity index (χ4v) is 1.52. The van der Waals surface area contributed by atoms with Gasteiger partial charge in [0.25, 0.3) is 0 Å². The van der Waals surface area contributed by atoms with E-state index in [9.17, 15) is 4.79 Å². The molecule has 1 rings (SSSR count). The Kier molecular flexibility index (Phi) is 5.52. The van der Waals surface area contributed by atoms with Crippen LogP contribution >= 0.6 is 23.2 Å². The maximum Gasteiger partial charge on any atom is 0.339 e. The second kappa shape index (κ2) is 6.67. The SMILES string of the molecule is CC(C)COC(=O)C(=CCl)c1ccc(Cl)cc1. The van der Waals surface area contributed by atoms with E-state index in [2.05, 4.69) is 0 Å². The maximum absolute atomic E-state index is 11.8. The maximum atomic E-state index is 11.8. The zero-order valence-electron chi connectivity index (χ0n) is 9.74. The van der Waals surface area contributed by atoms with Crippen LogP contribution in [0.3, 0.4) is 0 Å². The number of benzene rings is 1. The summed E-state index contributed by atoms with van der Waals surface area (Å²) in [5.74, 6) is -0.128. The van der Waals surface area contributed by atoms with Crippen molar-refractivity contribution in [2.75, 3.05) is 6.61 Å². The molecular formula is C13H14Cl2O2. The van der Waals surface area contributed by atoms with Gasteiger partial charge in [-0.2, -0.15) is 0 Å². The van der Waals surface area contributed by atoms with E-state index in [1.54, 1.807) is 24.3 Å². The van der Waals surface area contributed by atoms with Crippen LogP contribution in [0.4, 0.5) is 0 Å². The van der Waals surface area contributed by atoms with Crippen LogP contribution in [0, 0.1) is 5.92 Å². The monoisotopic (exact) mass is 272 g/mol. The Morgan fingerprint density at radius 1 is 1.35 bits per heavy atom. The van der Waals surface area contributed by atoms with Crippen LogP contribution < -0.4 is 0 Å². The van der Waals surface area contributed by atoms with Crippen LogP contribution in [0.25, 0.3) is 5.57 Å². The van der Waals surface area contributed by atoms with Crippen LogP contribution in [0.15, 0.2) is 29.8 Å². The molecule has 0 radical (unpaired) electrons. The molecule has 1 aromatic rings. The van der Waals surface area contributed by atoms with E-state index in [4.69, 9.17) is 27.9 Å². The summed E-state index contributed by atoms with van der Waals surface area (Å²) < 4.78 is 5.12. The molecule has 0 amide bonds. The Balaban J connectivity index is 2.78. The van der Waals surface area contributed by atoms with Gasteiger partial charge in [-0.1, -0.05) is 49.2 Å². The zero-order valence-corrected chi connectivity index (χ0v) is 11.3. The first-order valence-corrected chi connectivity index (χ1v) is 6.09. The molecule has 17 heavy (non-hydrogen) atoms. The van der Waals surface area contributed by atoms with Gasteiger partial charge in [-0.25, -0.2) is 4.79 Å². The molecule has 0 aromatic heterocycles. The van der Waals surface area contributed by atoms with Crippen molar-refractivity contribution < 1.29 is 9.53 Å². The average Bonchev–Trinajstić information content (AvgIpc) is 2.30. The number of hydrogen-bond donors (Lipinski definition) is 0. The molecule has 0 unspecified atom stereocenters. The summed E-state index contributed by atoms with van der Waals surface area (Å²) in [5.41, 5.74) is 2.26. The molecule has 0 atom stereocenters. The highest BCUT2D eigenvalue weighted by Gasteiger charge is 2.13. The molecule has 0 fully saturated rings. The van der Waals surface area contributed by atoms with Crippen molar-refractivity contribution in [2.45, 2.75) is 13.8 Å². The standard InChI is InChI=1S/C13H14Cl2O2/c1-9(2)8-17-13(16)12(7-14)10-3-5-11(15)6-4-10/h3-7,9H,8H2,1-2H3. The summed E-state index contributed by atoms with van der Waals surface area (Å²) in [7, 11) is 0. The number of rotatable bonds is 4. The van der Waals surface area contributed by atoms with Gasteiger partial charge in [-0.3, -0.25) is 0 Å². The Hall–Kier alpha value is -0.990. The topological polar surface area (TPSA) is 26.3 Å². The van der Waals surface area contributed by atoms with Crippen LogP contribution in [0.2, 0.25) is 5.02 Å². The molecule has 0 aliphatic rings. The molecule has 0 N–H and O–H groups in total. The number of hydrogen-bond acceptors (Lipinski definition) is 2. The van der Waals surface area contributed by atoms with E-state index in [1.807, 2.05) is 13.8 Å². The second-order valence-corrected chi connectivity index (χ2v) is 4.68. The molecule has 0 bridgehead atoms. The number of esters is 1. The van der Waals surface area contributed by atoms with Gasteiger partial charge >= 0.3 is 5.97 Å². The van der Waals surface area contributed by atoms with E-state index in [0.717, 1.165) is 0 Å². The van der Waals surface area contributed by atoms with Crippen molar-refractivity contribution in [3.8, 4) is 0 Å². The molecule has 1 aromatic carbocycles. The summed E-state index contributed by atoms with van der Waals surface area (Å²) in [6, 6.07) is 6.86. The smallest absolute Gasteiger partial charge is 0.339 e. The minimum absolute atomic E-state index is 0.292. The van der Waals surface area contributed by atoms with E-state index >= 15 is 0 Å². The summed E-state index contributed by atoms with van der Waals surface area (Å²) in [4.78, 5) is 11.8. The summed E-state index contributed by atoms with van der Waals surface area (Å²) in [6.45, 7) is 4.32. The third-order valence-electron chi connectivity index (χ3n) is 2.03. The average molecular weight is 273 g/mol. The zero-order chi connectivity index (χ0) is 12.8. The molecular weight excluding hydrogens is 259 g/mol. The highest BCUT2D eigenvalue weighted by atomic mass is 35.5. The minimum Gasteiger partial charge on any atom is -0.462 e. The van der Waals surface area contributed by atoms with Crippen LogP contribution in [0.1, 0.15) is 19.4 Å². The lowest BCUT2D eigenvalue weighted by molar-refractivity contribution is -0.137. The van der Waals surface area contributed by atoms with Gasteiger partial charge in [0, 0.05) is 10.6 Å². The molecule has 2 nitrogen and oxygen atoms in total. The van der Waals surface area contributed by atoms with Gasteiger partial charge < -0.3 is 4.74 Å².